The first-order chi connectivity index (χ1) is 12.6. The van der Waals surface area contributed by atoms with Crippen LogP contribution in [0.25, 0.3) is 0 Å². The number of fused-ring (bicyclic) bond motifs is 1. The number of esters is 1. The summed E-state index contributed by atoms with van der Waals surface area (Å²) in [7, 11) is 1.51. The predicted molar refractivity (Wildman–Crippen MR) is 95.7 cm³/mol. The lowest BCUT2D eigenvalue weighted by molar-refractivity contribution is 0.0448. The van der Waals surface area contributed by atoms with E-state index in [-0.39, 0.29) is 13.2 Å². The Kier molecular flexibility index (Phi) is 5.51. The van der Waals surface area contributed by atoms with E-state index in [1.807, 2.05) is 32.0 Å². The van der Waals surface area contributed by atoms with Crippen LogP contribution in [0.1, 0.15) is 21.5 Å². The standard InChI is InChI=1S/C20H22O6/c1-13-5-4-6-14(2)18(13)24-9-10-26-20(21)15-11-16(22-3)19-17(12-15)23-7-8-25-19/h4-6,11-12H,7-10H2,1-3H3. The zero-order valence-corrected chi connectivity index (χ0v) is 15.2. The number of benzene rings is 2. The molecule has 1 aliphatic heterocycles. The molecule has 6 heteroatoms. The number of para-hydroxylation sites is 1. The van der Waals surface area contributed by atoms with E-state index in [2.05, 4.69) is 0 Å². The van der Waals surface area contributed by atoms with Gasteiger partial charge in [-0.05, 0) is 37.1 Å². The Labute approximate surface area is 152 Å². The molecule has 2 aromatic rings. The van der Waals surface area contributed by atoms with Gasteiger partial charge < -0.3 is 23.7 Å². The smallest absolute Gasteiger partial charge is 0.338 e. The lowest BCUT2D eigenvalue weighted by Gasteiger charge is -2.21. The molecule has 0 amide bonds. The lowest BCUT2D eigenvalue weighted by Crippen LogP contribution is -2.17. The van der Waals surface area contributed by atoms with Gasteiger partial charge in [-0.3, -0.25) is 0 Å². The zero-order chi connectivity index (χ0) is 18.5. The minimum atomic E-state index is -0.467. The molecule has 1 aliphatic rings. The van der Waals surface area contributed by atoms with E-state index in [4.69, 9.17) is 23.7 Å². The molecule has 0 aliphatic carbocycles. The quantitative estimate of drug-likeness (QED) is 0.583. The minimum absolute atomic E-state index is 0.142. The zero-order valence-electron chi connectivity index (χ0n) is 15.2. The average Bonchev–Trinajstić information content (AvgIpc) is 2.65. The third-order valence-corrected chi connectivity index (χ3v) is 4.04. The summed E-state index contributed by atoms with van der Waals surface area (Å²) in [4.78, 5) is 12.3. The van der Waals surface area contributed by atoms with Crippen molar-refractivity contribution >= 4 is 5.97 Å². The first kappa shape index (κ1) is 17.9. The molecule has 26 heavy (non-hydrogen) atoms. The second-order valence-electron chi connectivity index (χ2n) is 5.91. The van der Waals surface area contributed by atoms with Crippen LogP contribution in [0.4, 0.5) is 0 Å². The third kappa shape index (κ3) is 3.85. The molecule has 3 rings (SSSR count). The molecule has 0 unspecified atom stereocenters. The molecular weight excluding hydrogens is 336 g/mol. The minimum Gasteiger partial charge on any atom is -0.493 e. The van der Waals surface area contributed by atoms with Crippen LogP contribution < -0.4 is 18.9 Å². The number of hydrogen-bond acceptors (Lipinski definition) is 6. The van der Waals surface area contributed by atoms with Crippen molar-refractivity contribution in [3.8, 4) is 23.0 Å². The van der Waals surface area contributed by atoms with Crippen LogP contribution in [-0.2, 0) is 4.74 Å². The van der Waals surface area contributed by atoms with Gasteiger partial charge in [-0.15, -0.1) is 0 Å². The van der Waals surface area contributed by atoms with Crippen molar-refractivity contribution in [1.29, 1.82) is 0 Å². The van der Waals surface area contributed by atoms with Crippen molar-refractivity contribution in [3.05, 3.63) is 47.0 Å². The summed E-state index contributed by atoms with van der Waals surface area (Å²) in [6.07, 6.45) is 0. The summed E-state index contributed by atoms with van der Waals surface area (Å²) >= 11 is 0. The molecule has 0 spiro atoms. The van der Waals surface area contributed by atoms with Gasteiger partial charge in [-0.2, -0.15) is 0 Å². The summed E-state index contributed by atoms with van der Waals surface area (Å²) in [6, 6.07) is 9.13. The number of aryl methyl sites for hydroxylation is 2. The Balaban J connectivity index is 1.60. The van der Waals surface area contributed by atoms with Gasteiger partial charge in [0.15, 0.2) is 11.5 Å². The van der Waals surface area contributed by atoms with E-state index in [1.54, 1.807) is 12.1 Å². The normalized spacial score (nSPS) is 12.4. The molecule has 0 aromatic heterocycles. The van der Waals surface area contributed by atoms with E-state index in [1.165, 1.54) is 7.11 Å². The Morgan fingerprint density at radius 3 is 2.54 bits per heavy atom. The number of carbonyl (C=O) groups excluding carboxylic acids is 1. The highest BCUT2D eigenvalue weighted by Gasteiger charge is 2.21. The molecule has 0 radical (unpaired) electrons. The number of ether oxygens (including phenoxy) is 5. The van der Waals surface area contributed by atoms with Crippen molar-refractivity contribution < 1.29 is 28.5 Å². The van der Waals surface area contributed by atoms with Gasteiger partial charge in [0.1, 0.15) is 32.2 Å². The van der Waals surface area contributed by atoms with Crippen LogP contribution in [0.15, 0.2) is 30.3 Å². The molecule has 0 fully saturated rings. The van der Waals surface area contributed by atoms with Crippen molar-refractivity contribution in [2.75, 3.05) is 33.5 Å². The molecule has 0 saturated carbocycles. The number of hydrogen-bond donors (Lipinski definition) is 0. The van der Waals surface area contributed by atoms with Crippen LogP contribution in [0, 0.1) is 13.8 Å². The second kappa shape index (κ2) is 7.99. The molecule has 2 aromatic carbocycles. The Bertz CT molecular complexity index is 762. The maximum Gasteiger partial charge on any atom is 0.338 e. The van der Waals surface area contributed by atoms with Gasteiger partial charge in [0.2, 0.25) is 5.75 Å². The second-order valence-corrected chi connectivity index (χ2v) is 5.91. The fourth-order valence-corrected chi connectivity index (χ4v) is 2.78. The Hall–Kier alpha value is -2.89. The van der Waals surface area contributed by atoms with Gasteiger partial charge >= 0.3 is 5.97 Å². The van der Waals surface area contributed by atoms with E-state index >= 15 is 0 Å². The highest BCUT2D eigenvalue weighted by Crippen LogP contribution is 2.40. The monoisotopic (exact) mass is 358 g/mol. The highest BCUT2D eigenvalue weighted by molar-refractivity contribution is 5.91. The van der Waals surface area contributed by atoms with E-state index in [0.717, 1.165) is 16.9 Å². The first-order valence-electron chi connectivity index (χ1n) is 8.44. The summed E-state index contributed by atoms with van der Waals surface area (Å²) in [5, 5.41) is 0. The fourth-order valence-electron chi connectivity index (χ4n) is 2.78. The first-order valence-corrected chi connectivity index (χ1v) is 8.44. The van der Waals surface area contributed by atoms with Crippen molar-refractivity contribution in [2.24, 2.45) is 0 Å². The van der Waals surface area contributed by atoms with Crippen LogP contribution in [-0.4, -0.2) is 39.5 Å². The summed E-state index contributed by atoms with van der Waals surface area (Å²) in [5.74, 6) is 1.79. The Morgan fingerprint density at radius 1 is 1.08 bits per heavy atom. The summed E-state index contributed by atoms with van der Waals surface area (Å²) in [5.41, 5.74) is 2.44. The predicted octanol–water partition coefficient (Wildman–Crippen LogP) is 3.32. The maximum absolute atomic E-state index is 12.3. The van der Waals surface area contributed by atoms with Crippen LogP contribution >= 0.6 is 0 Å². The van der Waals surface area contributed by atoms with Gasteiger partial charge in [0.05, 0.1) is 12.7 Å². The molecule has 0 saturated heterocycles. The highest BCUT2D eigenvalue weighted by atomic mass is 16.6. The lowest BCUT2D eigenvalue weighted by atomic mass is 10.1. The van der Waals surface area contributed by atoms with Crippen molar-refractivity contribution in [1.82, 2.24) is 0 Å². The molecule has 1 heterocycles. The van der Waals surface area contributed by atoms with E-state index < -0.39 is 5.97 Å². The third-order valence-electron chi connectivity index (χ3n) is 4.04. The van der Waals surface area contributed by atoms with Gasteiger partial charge in [-0.1, -0.05) is 18.2 Å². The fraction of sp³-hybridized carbons (Fsp3) is 0.350. The van der Waals surface area contributed by atoms with Gasteiger partial charge in [0, 0.05) is 0 Å². The number of rotatable bonds is 6. The molecule has 0 N–H and O–H groups in total. The molecule has 0 atom stereocenters. The van der Waals surface area contributed by atoms with Crippen molar-refractivity contribution in [3.63, 3.8) is 0 Å². The van der Waals surface area contributed by atoms with Gasteiger partial charge in [-0.25, -0.2) is 4.79 Å². The number of carbonyl (C=O) groups is 1. The van der Waals surface area contributed by atoms with Crippen LogP contribution in [0.5, 0.6) is 23.0 Å². The largest absolute Gasteiger partial charge is 0.493 e. The summed E-state index contributed by atoms with van der Waals surface area (Å²) in [6.45, 7) is 5.26. The van der Waals surface area contributed by atoms with Crippen LogP contribution in [0.3, 0.4) is 0 Å². The molecule has 138 valence electrons. The SMILES string of the molecule is COc1cc(C(=O)OCCOc2c(C)cccc2C)cc2c1OCCO2. The average molecular weight is 358 g/mol. The Morgan fingerprint density at radius 2 is 1.81 bits per heavy atom. The maximum atomic E-state index is 12.3. The molecular formula is C20H22O6. The molecule has 0 bridgehead atoms. The van der Waals surface area contributed by atoms with Crippen LogP contribution in [0.2, 0.25) is 0 Å². The topological polar surface area (TPSA) is 63.2 Å². The van der Waals surface area contributed by atoms with E-state index in [9.17, 15) is 4.79 Å². The van der Waals surface area contributed by atoms with Gasteiger partial charge in [0.25, 0.3) is 0 Å². The molecule has 6 nitrogen and oxygen atoms in total. The van der Waals surface area contributed by atoms with Crippen molar-refractivity contribution in [2.45, 2.75) is 13.8 Å². The number of methoxy groups -OCH3 is 1. The van der Waals surface area contributed by atoms with E-state index in [0.29, 0.717) is 36.0 Å². The summed E-state index contributed by atoms with van der Waals surface area (Å²) < 4.78 is 27.4.